The fourth-order valence-corrected chi connectivity index (χ4v) is 3.95. The highest BCUT2D eigenvalue weighted by Crippen LogP contribution is 2.33. The Labute approximate surface area is 122 Å². The lowest BCUT2D eigenvalue weighted by Crippen LogP contribution is -2.50. The van der Waals surface area contributed by atoms with Gasteiger partial charge in [-0.2, -0.15) is 5.10 Å². The first-order valence-electron chi connectivity index (χ1n) is 8.07. The number of hydrogen-bond donors (Lipinski definition) is 1. The molecule has 1 aromatic rings. The molecule has 1 aliphatic heterocycles. The van der Waals surface area contributed by atoms with Crippen LogP contribution >= 0.6 is 0 Å². The molecule has 0 amide bonds. The van der Waals surface area contributed by atoms with Gasteiger partial charge in [-0.15, -0.1) is 0 Å². The van der Waals surface area contributed by atoms with E-state index in [4.69, 9.17) is 0 Å². The molecule has 20 heavy (non-hydrogen) atoms. The minimum atomic E-state index is 0.387. The van der Waals surface area contributed by atoms with E-state index in [1.54, 1.807) is 0 Å². The summed E-state index contributed by atoms with van der Waals surface area (Å²) in [4.78, 5) is 2.67. The van der Waals surface area contributed by atoms with Crippen LogP contribution in [0.15, 0.2) is 6.07 Å². The zero-order chi connectivity index (χ0) is 14.2. The Morgan fingerprint density at radius 2 is 2.15 bits per heavy atom. The Morgan fingerprint density at radius 1 is 1.40 bits per heavy atom. The molecule has 1 N–H and O–H groups in total. The molecule has 4 nitrogen and oxygen atoms in total. The Kier molecular flexibility index (Phi) is 3.87. The molecule has 4 heteroatoms. The van der Waals surface area contributed by atoms with Gasteiger partial charge >= 0.3 is 0 Å². The van der Waals surface area contributed by atoms with E-state index in [0.717, 1.165) is 12.2 Å². The van der Waals surface area contributed by atoms with Crippen LogP contribution in [0, 0.1) is 6.92 Å². The summed E-state index contributed by atoms with van der Waals surface area (Å²) >= 11 is 0. The molecule has 1 saturated carbocycles. The van der Waals surface area contributed by atoms with Crippen LogP contribution in [-0.2, 0) is 13.6 Å². The first kappa shape index (κ1) is 14.1. The SMILES string of the molecule is Cc1cc(CN2CC3(CCCC3)NCCC2C)n(C)n1. The maximum absolute atomic E-state index is 4.49. The van der Waals surface area contributed by atoms with Gasteiger partial charge in [-0.25, -0.2) is 0 Å². The molecule has 2 fully saturated rings. The predicted molar refractivity (Wildman–Crippen MR) is 81.6 cm³/mol. The maximum Gasteiger partial charge on any atom is 0.0597 e. The van der Waals surface area contributed by atoms with E-state index in [1.165, 1.54) is 50.9 Å². The van der Waals surface area contributed by atoms with Crippen molar-refractivity contribution >= 4 is 0 Å². The van der Waals surface area contributed by atoms with E-state index in [1.807, 2.05) is 4.68 Å². The predicted octanol–water partition coefficient (Wildman–Crippen LogP) is 2.23. The number of rotatable bonds is 2. The summed E-state index contributed by atoms with van der Waals surface area (Å²) in [6.45, 7) is 7.84. The molecule has 2 heterocycles. The van der Waals surface area contributed by atoms with Gasteiger partial charge in [0.25, 0.3) is 0 Å². The topological polar surface area (TPSA) is 33.1 Å². The molecule has 0 bridgehead atoms. The number of aryl methyl sites for hydroxylation is 2. The van der Waals surface area contributed by atoms with Crippen molar-refractivity contribution in [2.24, 2.45) is 7.05 Å². The number of nitrogens with zero attached hydrogens (tertiary/aromatic N) is 3. The molecule has 1 saturated heterocycles. The van der Waals surface area contributed by atoms with Crippen molar-refractivity contribution < 1.29 is 0 Å². The smallest absolute Gasteiger partial charge is 0.0597 e. The fraction of sp³-hybridized carbons (Fsp3) is 0.812. The molecular weight excluding hydrogens is 248 g/mol. The minimum Gasteiger partial charge on any atom is -0.310 e. The standard InChI is InChI=1S/C16H28N4/c1-13-10-15(19(3)18-13)11-20-12-16(7-4-5-8-16)17-9-6-14(20)2/h10,14,17H,4-9,11-12H2,1-3H3. The first-order valence-corrected chi connectivity index (χ1v) is 8.07. The first-order chi connectivity index (χ1) is 9.58. The van der Waals surface area contributed by atoms with Crippen LogP contribution in [0.5, 0.6) is 0 Å². The molecule has 3 rings (SSSR count). The van der Waals surface area contributed by atoms with Crippen molar-refractivity contribution in [3.8, 4) is 0 Å². The van der Waals surface area contributed by atoms with Gasteiger partial charge in [0.1, 0.15) is 0 Å². The van der Waals surface area contributed by atoms with Gasteiger partial charge in [-0.1, -0.05) is 12.8 Å². The van der Waals surface area contributed by atoms with Crippen LogP contribution in [0.1, 0.15) is 50.4 Å². The normalized spacial score (nSPS) is 27.1. The van der Waals surface area contributed by atoms with E-state index < -0.39 is 0 Å². The summed E-state index contributed by atoms with van der Waals surface area (Å²) in [5.41, 5.74) is 2.85. The molecule has 1 spiro atoms. The van der Waals surface area contributed by atoms with Crippen molar-refractivity contribution in [2.75, 3.05) is 13.1 Å². The summed E-state index contributed by atoms with van der Waals surface area (Å²) in [6, 6.07) is 2.88. The fourth-order valence-electron chi connectivity index (χ4n) is 3.95. The van der Waals surface area contributed by atoms with Crippen LogP contribution in [0.2, 0.25) is 0 Å². The molecule has 1 aliphatic carbocycles. The third kappa shape index (κ3) is 2.77. The summed E-state index contributed by atoms with van der Waals surface area (Å²) in [7, 11) is 2.06. The van der Waals surface area contributed by atoms with Crippen LogP contribution in [0.4, 0.5) is 0 Å². The van der Waals surface area contributed by atoms with Gasteiger partial charge in [0, 0.05) is 31.7 Å². The van der Waals surface area contributed by atoms with E-state index >= 15 is 0 Å². The monoisotopic (exact) mass is 276 g/mol. The molecule has 1 aromatic heterocycles. The molecular formula is C16H28N4. The summed E-state index contributed by atoms with van der Waals surface area (Å²) < 4.78 is 2.04. The molecule has 0 radical (unpaired) electrons. The van der Waals surface area contributed by atoms with Gasteiger partial charge in [0.2, 0.25) is 0 Å². The molecule has 0 aromatic carbocycles. The van der Waals surface area contributed by atoms with Crippen LogP contribution < -0.4 is 5.32 Å². The van der Waals surface area contributed by atoms with E-state index in [9.17, 15) is 0 Å². The summed E-state index contributed by atoms with van der Waals surface area (Å²) in [5.74, 6) is 0. The van der Waals surface area contributed by atoms with Crippen LogP contribution in [0.3, 0.4) is 0 Å². The third-order valence-corrected chi connectivity index (χ3v) is 5.22. The van der Waals surface area contributed by atoms with Gasteiger partial charge < -0.3 is 5.32 Å². The number of aromatic nitrogens is 2. The quantitative estimate of drug-likeness (QED) is 0.899. The van der Waals surface area contributed by atoms with Crippen molar-refractivity contribution in [3.63, 3.8) is 0 Å². The van der Waals surface area contributed by atoms with Crippen molar-refractivity contribution in [3.05, 3.63) is 17.5 Å². The van der Waals surface area contributed by atoms with E-state index in [0.29, 0.717) is 11.6 Å². The van der Waals surface area contributed by atoms with Crippen molar-refractivity contribution in [1.29, 1.82) is 0 Å². The highest BCUT2D eigenvalue weighted by Gasteiger charge is 2.38. The Hall–Kier alpha value is -0.870. The summed E-state index contributed by atoms with van der Waals surface area (Å²) in [6.07, 6.45) is 6.72. The van der Waals surface area contributed by atoms with E-state index in [2.05, 4.69) is 42.3 Å². The van der Waals surface area contributed by atoms with E-state index in [-0.39, 0.29) is 0 Å². The Bertz CT molecular complexity index is 459. The zero-order valence-corrected chi connectivity index (χ0v) is 13.2. The number of nitrogens with one attached hydrogen (secondary N) is 1. The molecule has 1 unspecified atom stereocenters. The van der Waals surface area contributed by atoms with Crippen molar-refractivity contribution in [2.45, 2.75) is 64.1 Å². The van der Waals surface area contributed by atoms with Crippen molar-refractivity contribution in [1.82, 2.24) is 20.0 Å². The van der Waals surface area contributed by atoms with Gasteiger partial charge in [0.05, 0.1) is 11.4 Å². The Morgan fingerprint density at radius 3 is 2.80 bits per heavy atom. The molecule has 112 valence electrons. The van der Waals surface area contributed by atoms with Crippen LogP contribution in [0.25, 0.3) is 0 Å². The second-order valence-corrected chi connectivity index (χ2v) is 6.86. The lowest BCUT2D eigenvalue weighted by Gasteiger charge is -2.35. The lowest BCUT2D eigenvalue weighted by molar-refractivity contribution is 0.156. The second kappa shape index (κ2) is 5.49. The highest BCUT2D eigenvalue weighted by atomic mass is 15.3. The number of hydrogen-bond acceptors (Lipinski definition) is 3. The largest absolute Gasteiger partial charge is 0.310 e. The van der Waals surface area contributed by atoms with Crippen LogP contribution in [-0.4, -0.2) is 39.4 Å². The molecule has 2 aliphatic rings. The average Bonchev–Trinajstić information content (AvgIpc) is 2.92. The van der Waals surface area contributed by atoms with Gasteiger partial charge in [-0.05, 0) is 45.7 Å². The lowest BCUT2D eigenvalue weighted by atomic mass is 9.97. The summed E-state index contributed by atoms with van der Waals surface area (Å²) in [5, 5.41) is 8.35. The molecule has 1 atom stereocenters. The average molecular weight is 276 g/mol. The Balaban J connectivity index is 1.76. The maximum atomic E-state index is 4.49. The second-order valence-electron chi connectivity index (χ2n) is 6.86. The highest BCUT2D eigenvalue weighted by molar-refractivity contribution is 5.09. The van der Waals surface area contributed by atoms with Gasteiger partial charge in [0.15, 0.2) is 0 Å². The van der Waals surface area contributed by atoms with Gasteiger partial charge in [-0.3, -0.25) is 9.58 Å². The minimum absolute atomic E-state index is 0.387. The zero-order valence-electron chi connectivity index (χ0n) is 13.2. The third-order valence-electron chi connectivity index (χ3n) is 5.22.